The summed E-state index contributed by atoms with van der Waals surface area (Å²) in [6.45, 7) is 3.69. The van der Waals surface area contributed by atoms with Crippen LogP contribution in [0.15, 0.2) is 83.7 Å². The van der Waals surface area contributed by atoms with Gasteiger partial charge in [-0.05, 0) is 73.0 Å². The second-order valence-electron chi connectivity index (χ2n) is 9.55. The minimum Gasteiger partial charge on any atom is -0.476 e. The maximum absolute atomic E-state index is 13.9. The van der Waals surface area contributed by atoms with Gasteiger partial charge in [0.05, 0.1) is 23.3 Å². The number of halogens is 3. The number of fused-ring (bicyclic) bond motifs is 1. The molecule has 0 unspecified atom stereocenters. The molecule has 10 heteroatoms. The number of carbonyl (C=O) groups is 1. The summed E-state index contributed by atoms with van der Waals surface area (Å²) in [5.41, 5.74) is -0.174. The van der Waals surface area contributed by atoms with Crippen LogP contribution in [-0.4, -0.2) is 20.4 Å². The van der Waals surface area contributed by atoms with Crippen LogP contribution in [0, 0.1) is 25.2 Å². The Kier molecular flexibility index (Phi) is 6.89. The molecule has 2 aromatic heterocycles. The van der Waals surface area contributed by atoms with E-state index in [1.807, 2.05) is 26.0 Å². The number of nitrogens with zero attached hydrogens (tertiary/aromatic N) is 3. The van der Waals surface area contributed by atoms with Crippen LogP contribution in [0.5, 0.6) is 5.75 Å². The Labute approximate surface area is 231 Å². The minimum absolute atomic E-state index is 0.0366. The molecule has 5 rings (SSSR count). The van der Waals surface area contributed by atoms with Crippen molar-refractivity contribution in [2.45, 2.75) is 26.6 Å². The number of aromatic carboxylic acids is 1. The van der Waals surface area contributed by atoms with E-state index in [4.69, 9.17) is 4.84 Å². The first-order valence-corrected chi connectivity index (χ1v) is 12.4. The molecule has 0 amide bonds. The number of hydrogen-bond donors (Lipinski definition) is 1. The molecular weight excluding hydrogens is 535 g/mol. The lowest BCUT2D eigenvalue weighted by Gasteiger charge is -2.19. The first-order valence-electron chi connectivity index (χ1n) is 12.4. The van der Waals surface area contributed by atoms with Crippen molar-refractivity contribution >= 4 is 16.9 Å². The van der Waals surface area contributed by atoms with Crippen molar-refractivity contribution in [3.05, 3.63) is 123 Å². The minimum atomic E-state index is -4.93. The van der Waals surface area contributed by atoms with Gasteiger partial charge < -0.3 is 14.5 Å². The van der Waals surface area contributed by atoms with Gasteiger partial charge in [-0.25, -0.2) is 4.79 Å². The number of hydrogen-bond acceptors (Lipinski definition) is 4. The topological polar surface area (TPSA) is 97.2 Å². The Hall–Kier alpha value is -5.30. The van der Waals surface area contributed by atoms with Crippen LogP contribution in [0.3, 0.4) is 0 Å². The third-order valence-electron chi connectivity index (χ3n) is 6.78. The van der Waals surface area contributed by atoms with Crippen LogP contribution in [0.2, 0.25) is 0 Å². The van der Waals surface area contributed by atoms with Crippen molar-refractivity contribution in [3.8, 4) is 23.1 Å². The summed E-state index contributed by atoms with van der Waals surface area (Å²) < 4.78 is 44.1. The molecule has 1 N–H and O–H groups in total. The Bertz CT molecular complexity index is 1910. The Morgan fingerprint density at radius 3 is 2.34 bits per heavy atom. The molecule has 3 aromatic carbocycles. The summed E-state index contributed by atoms with van der Waals surface area (Å²) in [5, 5.41) is 19.8. The first-order chi connectivity index (χ1) is 19.5. The van der Waals surface area contributed by atoms with Crippen LogP contribution in [0.25, 0.3) is 22.2 Å². The zero-order valence-electron chi connectivity index (χ0n) is 21.9. The van der Waals surface area contributed by atoms with E-state index in [-0.39, 0.29) is 29.2 Å². The van der Waals surface area contributed by atoms with Gasteiger partial charge in [-0.1, -0.05) is 42.0 Å². The smallest absolute Gasteiger partial charge is 0.417 e. The van der Waals surface area contributed by atoms with Crippen molar-refractivity contribution in [3.63, 3.8) is 0 Å². The van der Waals surface area contributed by atoms with Crippen molar-refractivity contribution < 1.29 is 27.9 Å². The molecule has 0 aliphatic carbocycles. The molecule has 0 radical (unpaired) electrons. The molecule has 0 saturated carbocycles. The fourth-order valence-electron chi connectivity index (χ4n) is 4.74. The van der Waals surface area contributed by atoms with Crippen LogP contribution in [-0.2, 0) is 12.7 Å². The average molecular weight is 558 g/mol. The highest BCUT2D eigenvalue weighted by atomic mass is 19.4. The number of nitriles is 1. The number of para-hydroxylation sites is 1. The van der Waals surface area contributed by atoms with Gasteiger partial charge in [0.15, 0.2) is 11.4 Å². The summed E-state index contributed by atoms with van der Waals surface area (Å²) in [6.07, 6.45) is -4.93. The monoisotopic (exact) mass is 557 g/mol. The summed E-state index contributed by atoms with van der Waals surface area (Å²) >= 11 is 0. The van der Waals surface area contributed by atoms with Crippen LogP contribution < -0.4 is 10.4 Å². The largest absolute Gasteiger partial charge is 0.476 e. The lowest BCUT2D eigenvalue weighted by Crippen LogP contribution is -2.29. The zero-order valence-corrected chi connectivity index (χ0v) is 21.9. The molecule has 206 valence electrons. The number of benzene rings is 3. The molecule has 0 bridgehead atoms. The molecule has 0 spiro atoms. The standard InChI is InChI=1S/C31H22F3N3O4/c1-18-7-8-22(19(2)13-18)17-36-27(15-25(31(32,33)34)24(16-35)29(36)38)20-9-11-23(12-10-20)41-37-26-6-4-3-5-21(26)14-28(37)30(39)40/h3-15H,17H2,1-2H3,(H,39,40). The summed E-state index contributed by atoms with van der Waals surface area (Å²) in [6, 6.07) is 22.0. The number of aryl methyl sites for hydroxylation is 2. The van der Waals surface area contributed by atoms with Gasteiger partial charge in [0.25, 0.3) is 5.56 Å². The fourth-order valence-corrected chi connectivity index (χ4v) is 4.74. The van der Waals surface area contributed by atoms with E-state index in [1.165, 1.54) is 36.4 Å². The summed E-state index contributed by atoms with van der Waals surface area (Å²) in [5.74, 6) is -0.990. The third kappa shape index (κ3) is 5.17. The van der Waals surface area contributed by atoms with Crippen molar-refractivity contribution in [1.29, 1.82) is 5.26 Å². The lowest BCUT2D eigenvalue weighted by atomic mass is 10.0. The summed E-state index contributed by atoms with van der Waals surface area (Å²) in [7, 11) is 0. The quantitative estimate of drug-likeness (QED) is 0.255. The molecule has 41 heavy (non-hydrogen) atoms. The lowest BCUT2D eigenvalue weighted by molar-refractivity contribution is -0.137. The van der Waals surface area contributed by atoms with E-state index in [0.717, 1.165) is 26.5 Å². The zero-order chi connectivity index (χ0) is 29.5. The highest BCUT2D eigenvalue weighted by Crippen LogP contribution is 2.34. The van der Waals surface area contributed by atoms with Gasteiger partial charge in [-0.15, -0.1) is 0 Å². The summed E-state index contributed by atoms with van der Waals surface area (Å²) in [4.78, 5) is 31.0. The predicted octanol–water partition coefficient (Wildman–Crippen LogP) is 6.57. The van der Waals surface area contributed by atoms with Crippen molar-refractivity contribution in [2.24, 2.45) is 0 Å². The Morgan fingerprint density at radius 1 is 1.00 bits per heavy atom. The van der Waals surface area contributed by atoms with E-state index in [0.29, 0.717) is 16.5 Å². The number of carboxylic acids is 1. The number of pyridine rings is 1. The van der Waals surface area contributed by atoms with Crippen molar-refractivity contribution in [2.75, 3.05) is 0 Å². The van der Waals surface area contributed by atoms with Crippen LogP contribution in [0.4, 0.5) is 13.2 Å². The normalized spacial score (nSPS) is 11.4. The van der Waals surface area contributed by atoms with Gasteiger partial charge in [0.1, 0.15) is 11.6 Å². The number of alkyl halides is 3. The van der Waals surface area contributed by atoms with Gasteiger partial charge in [-0.2, -0.15) is 23.2 Å². The van der Waals surface area contributed by atoms with Gasteiger partial charge in [0, 0.05) is 5.39 Å². The Morgan fingerprint density at radius 2 is 1.71 bits per heavy atom. The van der Waals surface area contributed by atoms with E-state index in [1.54, 1.807) is 30.3 Å². The van der Waals surface area contributed by atoms with Crippen LogP contribution >= 0.6 is 0 Å². The second kappa shape index (κ2) is 10.4. The highest BCUT2D eigenvalue weighted by molar-refractivity contribution is 5.94. The van der Waals surface area contributed by atoms with E-state index in [9.17, 15) is 33.1 Å². The van der Waals surface area contributed by atoms with E-state index in [2.05, 4.69) is 0 Å². The average Bonchev–Trinajstić information content (AvgIpc) is 3.29. The maximum Gasteiger partial charge on any atom is 0.417 e. The van der Waals surface area contributed by atoms with E-state index < -0.39 is 28.8 Å². The fraction of sp³-hybridized carbons (Fsp3) is 0.129. The van der Waals surface area contributed by atoms with Crippen LogP contribution in [0.1, 0.15) is 38.3 Å². The third-order valence-corrected chi connectivity index (χ3v) is 6.78. The molecule has 7 nitrogen and oxygen atoms in total. The number of rotatable bonds is 6. The SMILES string of the molecule is Cc1ccc(Cn2c(-c3ccc(On4c(C(=O)O)cc5ccccc54)cc3)cc(C(F)(F)F)c(C#N)c2=O)c(C)c1. The molecule has 0 atom stereocenters. The molecule has 0 aliphatic rings. The molecule has 0 fully saturated rings. The first kappa shape index (κ1) is 27.3. The molecule has 2 heterocycles. The molecule has 0 saturated heterocycles. The molecule has 0 aliphatic heterocycles. The van der Waals surface area contributed by atoms with Gasteiger partial charge >= 0.3 is 12.1 Å². The van der Waals surface area contributed by atoms with Crippen molar-refractivity contribution in [1.82, 2.24) is 9.30 Å². The number of carboxylic acid groups (broad SMARTS) is 1. The van der Waals surface area contributed by atoms with E-state index >= 15 is 0 Å². The Balaban J connectivity index is 1.61. The second-order valence-corrected chi connectivity index (χ2v) is 9.55. The molecule has 5 aromatic rings. The predicted molar refractivity (Wildman–Crippen MR) is 146 cm³/mol. The van der Waals surface area contributed by atoms with Gasteiger partial charge in [-0.3, -0.25) is 4.79 Å². The maximum atomic E-state index is 13.9. The molecular formula is C31H22F3N3O4. The number of aromatic nitrogens is 2. The van der Waals surface area contributed by atoms with Gasteiger partial charge in [0.2, 0.25) is 0 Å². The highest BCUT2D eigenvalue weighted by Gasteiger charge is 2.36.